The van der Waals surface area contributed by atoms with Crippen molar-refractivity contribution in [3.05, 3.63) is 87.1 Å². The van der Waals surface area contributed by atoms with Crippen LogP contribution in [0.2, 0.25) is 0 Å². The third-order valence-corrected chi connectivity index (χ3v) is 5.06. The molecule has 8 heteroatoms. The van der Waals surface area contributed by atoms with Gasteiger partial charge in [-0.15, -0.1) is 0 Å². The highest BCUT2D eigenvalue weighted by atomic mass is 19.1. The molecule has 4 rings (SSSR count). The van der Waals surface area contributed by atoms with E-state index in [1.54, 1.807) is 54.1 Å². The van der Waals surface area contributed by atoms with Gasteiger partial charge in [-0.05, 0) is 24.1 Å². The lowest BCUT2D eigenvalue weighted by atomic mass is 10.2. The number of imidazole rings is 1. The van der Waals surface area contributed by atoms with Crippen LogP contribution in [0.1, 0.15) is 19.4 Å². The summed E-state index contributed by atoms with van der Waals surface area (Å²) in [7, 11) is 1.54. The fourth-order valence-electron chi connectivity index (χ4n) is 3.62. The van der Waals surface area contributed by atoms with Crippen LogP contribution in [0, 0.1) is 11.7 Å². The molecule has 31 heavy (non-hydrogen) atoms. The monoisotopic (exact) mass is 422 g/mol. The Hall–Kier alpha value is -3.68. The van der Waals surface area contributed by atoms with Crippen LogP contribution in [0.25, 0.3) is 16.9 Å². The van der Waals surface area contributed by atoms with Gasteiger partial charge in [-0.25, -0.2) is 18.7 Å². The first kappa shape index (κ1) is 20.6. The number of benzene rings is 2. The lowest BCUT2D eigenvalue weighted by Crippen LogP contribution is -2.41. The molecule has 160 valence electrons. The fraction of sp³-hybridized carbons (Fsp3) is 0.261. The lowest BCUT2D eigenvalue weighted by molar-refractivity contribution is 0.414. The van der Waals surface area contributed by atoms with Gasteiger partial charge in [0.1, 0.15) is 11.6 Å². The van der Waals surface area contributed by atoms with Gasteiger partial charge in [0.25, 0.3) is 5.56 Å². The Bertz CT molecular complexity index is 1370. The highest BCUT2D eigenvalue weighted by Crippen LogP contribution is 2.19. The first-order valence-electron chi connectivity index (χ1n) is 9.99. The third kappa shape index (κ3) is 3.76. The molecule has 2 heterocycles. The largest absolute Gasteiger partial charge is 0.497 e. The van der Waals surface area contributed by atoms with Crippen LogP contribution in [0.5, 0.6) is 5.75 Å². The molecule has 0 bridgehead atoms. The number of nitrogens with zero attached hydrogens (tertiary/aromatic N) is 4. The average Bonchev–Trinajstić information content (AvgIpc) is 3.16. The van der Waals surface area contributed by atoms with Crippen molar-refractivity contribution in [2.24, 2.45) is 5.92 Å². The van der Waals surface area contributed by atoms with Crippen molar-refractivity contribution in [3.63, 3.8) is 0 Å². The predicted octanol–water partition coefficient (Wildman–Crippen LogP) is 3.20. The smallest absolute Gasteiger partial charge is 0.337 e. The summed E-state index contributed by atoms with van der Waals surface area (Å²) in [5.74, 6) is 0.280. The Balaban J connectivity index is 2.01. The summed E-state index contributed by atoms with van der Waals surface area (Å²) >= 11 is 0. The number of rotatable bonds is 6. The summed E-state index contributed by atoms with van der Waals surface area (Å²) < 4.78 is 23.7. The molecule has 4 aromatic rings. The fourth-order valence-corrected chi connectivity index (χ4v) is 3.62. The molecule has 0 amide bonds. The first-order valence-corrected chi connectivity index (χ1v) is 9.99. The zero-order valence-corrected chi connectivity index (χ0v) is 17.6. The zero-order chi connectivity index (χ0) is 22.1. The Morgan fingerprint density at radius 2 is 1.87 bits per heavy atom. The van der Waals surface area contributed by atoms with Gasteiger partial charge in [0.2, 0.25) is 0 Å². The van der Waals surface area contributed by atoms with Crippen LogP contribution in [0.4, 0.5) is 4.39 Å². The van der Waals surface area contributed by atoms with E-state index in [0.717, 1.165) is 0 Å². The van der Waals surface area contributed by atoms with E-state index in [4.69, 9.17) is 4.74 Å². The standard InChI is InChI=1S/C23H23FN4O3/c1-15(2)12-27-22(29)20-21(25-14-26(20)13-16-7-4-5-10-19(16)24)28(23(27)30)17-8-6-9-18(11-17)31-3/h4-11,14-15H,12-13H2,1-3H3. The normalized spacial score (nSPS) is 11.4. The summed E-state index contributed by atoms with van der Waals surface area (Å²) in [6.07, 6.45) is 1.47. The van der Waals surface area contributed by atoms with Crippen molar-refractivity contribution < 1.29 is 9.13 Å². The van der Waals surface area contributed by atoms with Crippen LogP contribution in [0.3, 0.4) is 0 Å². The second kappa shape index (κ2) is 8.22. The molecule has 0 atom stereocenters. The van der Waals surface area contributed by atoms with Gasteiger partial charge in [0, 0.05) is 18.2 Å². The summed E-state index contributed by atoms with van der Waals surface area (Å²) in [5, 5.41) is 0. The molecule has 0 aliphatic carbocycles. The van der Waals surface area contributed by atoms with Crippen LogP contribution in [-0.4, -0.2) is 25.8 Å². The lowest BCUT2D eigenvalue weighted by Gasteiger charge is -2.14. The third-order valence-electron chi connectivity index (χ3n) is 5.06. The van der Waals surface area contributed by atoms with Gasteiger partial charge in [0.05, 0.1) is 25.7 Å². The number of ether oxygens (including phenoxy) is 1. The van der Waals surface area contributed by atoms with Gasteiger partial charge >= 0.3 is 5.69 Å². The van der Waals surface area contributed by atoms with Crippen molar-refractivity contribution in [3.8, 4) is 11.4 Å². The number of aromatic nitrogens is 4. The maximum Gasteiger partial charge on any atom is 0.337 e. The minimum absolute atomic E-state index is 0.0737. The van der Waals surface area contributed by atoms with Crippen molar-refractivity contribution >= 4 is 11.2 Å². The Morgan fingerprint density at radius 3 is 2.58 bits per heavy atom. The minimum Gasteiger partial charge on any atom is -0.497 e. The molecule has 0 radical (unpaired) electrons. The van der Waals surface area contributed by atoms with E-state index in [-0.39, 0.29) is 36.0 Å². The summed E-state index contributed by atoms with van der Waals surface area (Å²) in [5.41, 5.74) is 0.502. The first-order chi connectivity index (χ1) is 14.9. The van der Waals surface area contributed by atoms with E-state index < -0.39 is 11.2 Å². The van der Waals surface area contributed by atoms with Crippen molar-refractivity contribution in [2.75, 3.05) is 7.11 Å². The summed E-state index contributed by atoms with van der Waals surface area (Å²) in [6, 6.07) is 13.4. The Morgan fingerprint density at radius 1 is 1.10 bits per heavy atom. The topological polar surface area (TPSA) is 71.1 Å². The molecular weight excluding hydrogens is 399 g/mol. The molecule has 2 aromatic carbocycles. The van der Waals surface area contributed by atoms with E-state index in [1.807, 2.05) is 13.8 Å². The van der Waals surface area contributed by atoms with E-state index in [0.29, 0.717) is 17.0 Å². The highest BCUT2D eigenvalue weighted by molar-refractivity contribution is 5.72. The minimum atomic E-state index is -0.476. The summed E-state index contributed by atoms with van der Waals surface area (Å²) in [4.78, 5) is 31.0. The number of hydrogen-bond acceptors (Lipinski definition) is 4. The van der Waals surface area contributed by atoms with Gasteiger partial charge in [-0.1, -0.05) is 38.1 Å². The molecule has 0 aliphatic heterocycles. The Labute approximate surface area is 178 Å². The molecule has 0 N–H and O–H groups in total. The van der Waals surface area contributed by atoms with Gasteiger partial charge < -0.3 is 9.30 Å². The van der Waals surface area contributed by atoms with E-state index >= 15 is 0 Å². The summed E-state index contributed by atoms with van der Waals surface area (Å²) in [6.45, 7) is 4.24. The molecule has 7 nitrogen and oxygen atoms in total. The van der Waals surface area contributed by atoms with E-state index in [2.05, 4.69) is 4.98 Å². The maximum atomic E-state index is 14.2. The van der Waals surface area contributed by atoms with Crippen LogP contribution in [0.15, 0.2) is 64.4 Å². The quantitative estimate of drug-likeness (QED) is 0.478. The molecule has 0 saturated heterocycles. The predicted molar refractivity (Wildman–Crippen MR) is 116 cm³/mol. The van der Waals surface area contributed by atoms with E-state index in [1.165, 1.54) is 21.5 Å². The molecule has 0 spiro atoms. The van der Waals surface area contributed by atoms with E-state index in [9.17, 15) is 14.0 Å². The highest BCUT2D eigenvalue weighted by Gasteiger charge is 2.20. The van der Waals surface area contributed by atoms with Gasteiger partial charge in [-0.3, -0.25) is 9.36 Å². The van der Waals surface area contributed by atoms with Crippen LogP contribution in [-0.2, 0) is 13.1 Å². The molecule has 2 aromatic heterocycles. The SMILES string of the molecule is COc1cccc(-n2c(=O)n(CC(C)C)c(=O)c3c2ncn3Cc2ccccc2F)c1. The van der Waals surface area contributed by atoms with Crippen LogP contribution >= 0.6 is 0 Å². The second-order valence-electron chi connectivity index (χ2n) is 7.77. The number of hydrogen-bond donors (Lipinski definition) is 0. The van der Waals surface area contributed by atoms with Crippen molar-refractivity contribution in [1.29, 1.82) is 0 Å². The van der Waals surface area contributed by atoms with Crippen molar-refractivity contribution in [2.45, 2.75) is 26.9 Å². The molecule has 0 unspecified atom stereocenters. The van der Waals surface area contributed by atoms with Gasteiger partial charge in [-0.2, -0.15) is 0 Å². The second-order valence-corrected chi connectivity index (χ2v) is 7.77. The molecule has 0 aliphatic rings. The van der Waals surface area contributed by atoms with Gasteiger partial charge in [0.15, 0.2) is 11.2 Å². The Kier molecular flexibility index (Phi) is 5.46. The molecule has 0 saturated carbocycles. The average molecular weight is 422 g/mol. The number of fused-ring (bicyclic) bond motifs is 1. The number of halogens is 1. The zero-order valence-electron chi connectivity index (χ0n) is 17.6. The molecular formula is C23H23FN4O3. The maximum absolute atomic E-state index is 14.2. The molecule has 0 fully saturated rings. The number of methoxy groups -OCH3 is 1. The van der Waals surface area contributed by atoms with Crippen LogP contribution < -0.4 is 16.0 Å². The van der Waals surface area contributed by atoms with Crippen molar-refractivity contribution in [1.82, 2.24) is 18.7 Å².